The van der Waals surface area contributed by atoms with Gasteiger partial charge in [-0.1, -0.05) is 34.8 Å². The second-order valence-electron chi connectivity index (χ2n) is 5.76. The van der Waals surface area contributed by atoms with Crippen molar-refractivity contribution < 1.29 is 9.53 Å². The zero-order valence-corrected chi connectivity index (χ0v) is 15.0. The first kappa shape index (κ1) is 16.9. The second-order valence-corrected chi connectivity index (χ2v) is 6.37. The molecule has 0 aliphatic carbocycles. The van der Waals surface area contributed by atoms with Crippen molar-refractivity contribution in [2.75, 3.05) is 5.32 Å². The van der Waals surface area contributed by atoms with Crippen LogP contribution in [0.2, 0.25) is 0 Å². The minimum Gasteiger partial charge on any atom is -0.457 e. The Bertz CT molecular complexity index is 1020. The van der Waals surface area contributed by atoms with Gasteiger partial charge in [-0.3, -0.25) is 4.79 Å². The average Bonchev–Trinajstić information content (AvgIpc) is 3.25. The molecule has 4 aromatic rings. The van der Waals surface area contributed by atoms with E-state index in [0.29, 0.717) is 11.3 Å². The first-order chi connectivity index (χ1) is 13.3. The lowest BCUT2D eigenvalue weighted by molar-refractivity contribution is 0.102. The van der Waals surface area contributed by atoms with Crippen molar-refractivity contribution in [3.8, 4) is 22.8 Å². The molecule has 0 saturated carbocycles. The van der Waals surface area contributed by atoms with E-state index in [1.807, 2.05) is 60.0 Å². The van der Waals surface area contributed by atoms with Crippen molar-refractivity contribution in [2.45, 2.75) is 0 Å². The Morgan fingerprint density at radius 3 is 2.22 bits per heavy atom. The zero-order valence-electron chi connectivity index (χ0n) is 14.2. The van der Waals surface area contributed by atoms with Crippen molar-refractivity contribution in [3.05, 3.63) is 89.8 Å². The van der Waals surface area contributed by atoms with Gasteiger partial charge in [-0.15, -0.1) is 5.10 Å². The first-order valence-corrected chi connectivity index (χ1v) is 9.13. The molecule has 0 saturated heterocycles. The fourth-order valence-corrected chi connectivity index (χ4v) is 2.98. The van der Waals surface area contributed by atoms with Crippen LogP contribution in [0.4, 0.5) is 5.69 Å². The highest BCUT2D eigenvalue weighted by Gasteiger charge is 2.08. The monoisotopic (exact) mass is 373 g/mol. The maximum Gasteiger partial charge on any atom is 0.255 e. The molecule has 0 aliphatic rings. The normalized spacial score (nSPS) is 10.4. The van der Waals surface area contributed by atoms with Gasteiger partial charge in [0, 0.05) is 22.2 Å². The fraction of sp³-hybridized carbons (Fsp3) is 0. The molecule has 1 aromatic heterocycles. The highest BCUT2D eigenvalue weighted by molar-refractivity contribution is 7.03. The molecule has 0 unspecified atom stereocenters. The number of ether oxygens (including phenoxy) is 1. The summed E-state index contributed by atoms with van der Waals surface area (Å²) in [5, 5.41) is 8.80. The Morgan fingerprint density at radius 2 is 1.56 bits per heavy atom. The van der Waals surface area contributed by atoms with Crippen molar-refractivity contribution in [3.63, 3.8) is 0 Å². The Morgan fingerprint density at radius 1 is 0.852 bits per heavy atom. The number of hydrogen-bond donors (Lipinski definition) is 1. The van der Waals surface area contributed by atoms with Gasteiger partial charge in [0.25, 0.3) is 5.91 Å². The summed E-state index contributed by atoms with van der Waals surface area (Å²) in [7, 11) is 0. The zero-order chi connectivity index (χ0) is 18.5. The number of para-hydroxylation sites is 1. The van der Waals surface area contributed by atoms with Crippen molar-refractivity contribution in [1.82, 2.24) is 9.59 Å². The molecule has 6 heteroatoms. The van der Waals surface area contributed by atoms with Crippen LogP contribution >= 0.6 is 11.5 Å². The summed E-state index contributed by atoms with van der Waals surface area (Å²) in [4.78, 5) is 12.4. The number of nitrogens with one attached hydrogen (secondary N) is 1. The van der Waals surface area contributed by atoms with Crippen LogP contribution < -0.4 is 10.1 Å². The Hall–Kier alpha value is -3.51. The third-order valence-electron chi connectivity index (χ3n) is 3.89. The van der Waals surface area contributed by atoms with E-state index in [1.165, 1.54) is 11.5 Å². The molecule has 0 radical (unpaired) electrons. The van der Waals surface area contributed by atoms with Gasteiger partial charge in [0.2, 0.25) is 0 Å². The summed E-state index contributed by atoms with van der Waals surface area (Å²) in [6, 6.07) is 24.1. The minimum absolute atomic E-state index is 0.177. The molecule has 27 heavy (non-hydrogen) atoms. The van der Waals surface area contributed by atoms with Gasteiger partial charge in [-0.05, 0) is 60.1 Å². The second kappa shape index (κ2) is 7.80. The third-order valence-corrected chi connectivity index (χ3v) is 4.40. The molecule has 132 valence electrons. The summed E-state index contributed by atoms with van der Waals surface area (Å²) in [6.45, 7) is 0. The van der Waals surface area contributed by atoms with E-state index in [9.17, 15) is 4.79 Å². The van der Waals surface area contributed by atoms with Gasteiger partial charge in [0.1, 0.15) is 17.2 Å². The maximum absolute atomic E-state index is 12.4. The van der Waals surface area contributed by atoms with Gasteiger partial charge in [0.15, 0.2) is 0 Å². The van der Waals surface area contributed by atoms with Crippen LogP contribution in [-0.4, -0.2) is 15.5 Å². The Labute approximate surface area is 160 Å². The molecule has 0 spiro atoms. The fourth-order valence-electron chi connectivity index (χ4n) is 2.52. The van der Waals surface area contributed by atoms with Crippen LogP contribution in [-0.2, 0) is 0 Å². The molecule has 1 amide bonds. The van der Waals surface area contributed by atoms with Crippen LogP contribution in [0.25, 0.3) is 11.3 Å². The van der Waals surface area contributed by atoms with E-state index < -0.39 is 0 Å². The molecular formula is C21H15N3O2S. The quantitative estimate of drug-likeness (QED) is 0.519. The van der Waals surface area contributed by atoms with Crippen LogP contribution in [0.1, 0.15) is 10.4 Å². The van der Waals surface area contributed by atoms with Crippen LogP contribution in [0.3, 0.4) is 0 Å². The molecule has 5 nitrogen and oxygen atoms in total. The lowest BCUT2D eigenvalue weighted by atomic mass is 10.1. The summed E-state index contributed by atoms with van der Waals surface area (Å²) >= 11 is 1.31. The maximum atomic E-state index is 12.4. The minimum atomic E-state index is -0.177. The van der Waals surface area contributed by atoms with Gasteiger partial charge >= 0.3 is 0 Å². The van der Waals surface area contributed by atoms with E-state index >= 15 is 0 Å². The van der Waals surface area contributed by atoms with Crippen molar-refractivity contribution >= 4 is 23.1 Å². The number of aromatic nitrogens is 2. The van der Waals surface area contributed by atoms with Gasteiger partial charge in [-0.25, -0.2) is 0 Å². The average molecular weight is 373 g/mol. The number of hydrogen-bond acceptors (Lipinski definition) is 5. The number of carbonyl (C=O) groups is 1. The van der Waals surface area contributed by atoms with Gasteiger partial charge < -0.3 is 10.1 Å². The lowest BCUT2D eigenvalue weighted by Crippen LogP contribution is -2.11. The molecule has 4 rings (SSSR count). The number of carbonyl (C=O) groups excluding carboxylic acids is 1. The van der Waals surface area contributed by atoms with E-state index in [1.54, 1.807) is 24.3 Å². The van der Waals surface area contributed by atoms with E-state index in [-0.39, 0.29) is 5.91 Å². The summed E-state index contributed by atoms with van der Waals surface area (Å²) in [5.41, 5.74) is 3.07. The number of benzene rings is 3. The SMILES string of the molecule is O=C(Nc1ccc(-c2csnn2)cc1)c1ccc(Oc2ccccc2)cc1. The first-order valence-electron chi connectivity index (χ1n) is 8.30. The Kier molecular flexibility index (Phi) is 4.89. The standard InChI is InChI=1S/C21H15N3O2S/c25-21(22-17-10-6-15(7-11-17)20-14-27-24-23-20)16-8-12-19(13-9-16)26-18-4-2-1-3-5-18/h1-14H,(H,22,25). The third kappa shape index (κ3) is 4.19. The van der Waals surface area contributed by atoms with Crippen molar-refractivity contribution in [2.24, 2.45) is 0 Å². The Balaban J connectivity index is 1.40. The highest BCUT2D eigenvalue weighted by Crippen LogP contribution is 2.23. The van der Waals surface area contributed by atoms with Gasteiger partial charge in [0.05, 0.1) is 0 Å². The number of amides is 1. The molecule has 0 aliphatic heterocycles. The predicted octanol–water partition coefficient (Wildman–Crippen LogP) is 5.25. The van der Waals surface area contributed by atoms with Crippen LogP contribution in [0, 0.1) is 0 Å². The predicted molar refractivity (Wildman–Crippen MR) is 106 cm³/mol. The topological polar surface area (TPSA) is 64.1 Å². The number of nitrogens with zero attached hydrogens (tertiary/aromatic N) is 2. The summed E-state index contributed by atoms with van der Waals surface area (Å²) in [6.07, 6.45) is 0. The molecule has 0 fully saturated rings. The molecule has 1 N–H and O–H groups in total. The van der Waals surface area contributed by atoms with Gasteiger partial charge in [-0.2, -0.15) is 0 Å². The molecule has 0 bridgehead atoms. The van der Waals surface area contributed by atoms with E-state index in [2.05, 4.69) is 14.9 Å². The van der Waals surface area contributed by atoms with Crippen molar-refractivity contribution in [1.29, 1.82) is 0 Å². The molecule has 0 atom stereocenters. The van der Waals surface area contributed by atoms with E-state index in [0.717, 1.165) is 22.7 Å². The largest absolute Gasteiger partial charge is 0.457 e. The van der Waals surface area contributed by atoms with E-state index in [4.69, 9.17) is 4.74 Å². The van der Waals surface area contributed by atoms with Crippen LogP contribution in [0.15, 0.2) is 84.2 Å². The highest BCUT2D eigenvalue weighted by atomic mass is 32.1. The lowest BCUT2D eigenvalue weighted by Gasteiger charge is -2.08. The molecular weight excluding hydrogens is 358 g/mol. The molecule has 3 aromatic carbocycles. The number of anilines is 1. The molecule has 1 heterocycles. The number of rotatable bonds is 5. The van der Waals surface area contributed by atoms with Crippen LogP contribution in [0.5, 0.6) is 11.5 Å². The smallest absolute Gasteiger partial charge is 0.255 e. The summed E-state index contributed by atoms with van der Waals surface area (Å²) in [5.74, 6) is 1.26. The summed E-state index contributed by atoms with van der Waals surface area (Å²) < 4.78 is 9.59.